The van der Waals surface area contributed by atoms with Gasteiger partial charge >= 0.3 is 6.18 Å². The lowest BCUT2D eigenvalue weighted by Gasteiger charge is -2.40. The van der Waals surface area contributed by atoms with Crippen molar-refractivity contribution in [3.8, 4) is 11.9 Å². The first-order valence-corrected chi connectivity index (χ1v) is 14.0. The number of amides is 2. The molecule has 1 aromatic carbocycles. The van der Waals surface area contributed by atoms with E-state index in [9.17, 15) is 22.8 Å². The first-order chi connectivity index (χ1) is 21.2. The molecule has 5 heterocycles. The molecule has 3 aromatic rings. The fraction of sp³-hybridized carbons (Fsp3) is 0.379. The van der Waals surface area contributed by atoms with Crippen molar-refractivity contribution in [2.75, 3.05) is 44.2 Å². The van der Waals surface area contributed by atoms with Gasteiger partial charge in [-0.15, -0.1) is 0 Å². The molecule has 0 aliphatic carbocycles. The molecule has 6 rings (SSSR count). The maximum Gasteiger partial charge on any atom is 0.402 e. The molecule has 0 saturated carbocycles. The van der Waals surface area contributed by atoms with Crippen LogP contribution in [0.2, 0.25) is 0 Å². The standard InChI is InChI=1S/C29H28F3N9O3/c30-29(31,32)26-22(14-36-38-27(26)42)41-16-19-3-1-2-4-20(19)23(41)17-44-25-15-34-13-21(37-25)28(43)40-9-7-39(8-10-40)24-6-5-18(11-33)12-35-24/h1-6,12-13,15,22-23,26,36H,7-10,14,16-17H2,(H,38,42). The predicted molar refractivity (Wildman–Crippen MR) is 149 cm³/mol. The predicted octanol–water partition coefficient (Wildman–Crippen LogP) is 1.82. The Bertz CT molecular complexity index is 1570. The monoisotopic (exact) mass is 607 g/mol. The Hall–Kier alpha value is -4.81. The summed E-state index contributed by atoms with van der Waals surface area (Å²) in [5.41, 5.74) is 6.89. The van der Waals surface area contributed by atoms with E-state index in [1.807, 2.05) is 29.2 Å². The molecule has 2 aromatic heterocycles. The zero-order chi connectivity index (χ0) is 30.8. The number of nitriles is 1. The Morgan fingerprint density at radius 1 is 1.09 bits per heavy atom. The number of nitrogens with zero attached hydrogens (tertiary/aromatic N) is 7. The fourth-order valence-electron chi connectivity index (χ4n) is 5.94. The molecule has 3 aliphatic rings. The van der Waals surface area contributed by atoms with E-state index in [0.29, 0.717) is 31.7 Å². The minimum Gasteiger partial charge on any atom is -0.475 e. The first kappa shape index (κ1) is 29.3. The summed E-state index contributed by atoms with van der Waals surface area (Å²) in [6, 6.07) is 11.0. The second kappa shape index (κ2) is 12.1. The van der Waals surface area contributed by atoms with Crippen LogP contribution in [-0.2, 0) is 11.3 Å². The zero-order valence-corrected chi connectivity index (χ0v) is 23.4. The maximum absolute atomic E-state index is 14.0. The van der Waals surface area contributed by atoms with E-state index >= 15 is 0 Å². The van der Waals surface area contributed by atoms with Crippen molar-refractivity contribution < 1.29 is 27.5 Å². The third kappa shape index (κ3) is 5.86. The molecule has 2 fully saturated rings. The highest BCUT2D eigenvalue weighted by Crippen LogP contribution is 2.41. The molecule has 44 heavy (non-hydrogen) atoms. The number of carbonyl (C=O) groups excluding carboxylic acids is 2. The lowest BCUT2D eigenvalue weighted by molar-refractivity contribution is -0.202. The molecular formula is C29H28F3N9O3. The number of aromatic nitrogens is 3. The van der Waals surface area contributed by atoms with Crippen LogP contribution in [0.5, 0.6) is 5.88 Å². The van der Waals surface area contributed by atoms with Gasteiger partial charge in [-0.1, -0.05) is 24.3 Å². The minimum absolute atomic E-state index is 0.0625. The van der Waals surface area contributed by atoms with Gasteiger partial charge in [0.25, 0.3) is 5.91 Å². The van der Waals surface area contributed by atoms with Crippen molar-refractivity contribution in [1.82, 2.24) is 35.6 Å². The number of hydrazine groups is 1. The number of anilines is 1. The Kier molecular flexibility index (Phi) is 8.02. The van der Waals surface area contributed by atoms with Crippen LogP contribution in [0, 0.1) is 17.2 Å². The number of fused-ring (bicyclic) bond motifs is 1. The number of carbonyl (C=O) groups is 2. The molecular weight excluding hydrogens is 579 g/mol. The summed E-state index contributed by atoms with van der Waals surface area (Å²) in [5.74, 6) is -2.88. The molecule has 0 radical (unpaired) electrons. The number of rotatable bonds is 6. The largest absolute Gasteiger partial charge is 0.475 e. The molecule has 228 valence electrons. The summed E-state index contributed by atoms with van der Waals surface area (Å²) < 4.78 is 47.9. The van der Waals surface area contributed by atoms with Crippen LogP contribution in [-0.4, -0.2) is 88.1 Å². The molecule has 3 unspecified atom stereocenters. The van der Waals surface area contributed by atoms with Gasteiger partial charge in [0.15, 0.2) is 11.6 Å². The van der Waals surface area contributed by atoms with E-state index in [4.69, 9.17) is 10.00 Å². The van der Waals surface area contributed by atoms with Crippen molar-refractivity contribution in [2.24, 2.45) is 5.92 Å². The van der Waals surface area contributed by atoms with Crippen molar-refractivity contribution >= 4 is 17.6 Å². The Labute approximate surface area is 250 Å². The van der Waals surface area contributed by atoms with Crippen molar-refractivity contribution in [3.63, 3.8) is 0 Å². The molecule has 15 heteroatoms. The minimum atomic E-state index is -4.73. The van der Waals surface area contributed by atoms with Crippen molar-refractivity contribution in [3.05, 3.63) is 77.4 Å². The Morgan fingerprint density at radius 2 is 1.89 bits per heavy atom. The third-order valence-corrected chi connectivity index (χ3v) is 8.12. The van der Waals surface area contributed by atoms with Crippen LogP contribution < -0.4 is 20.5 Å². The normalized spacial score (nSPS) is 22.2. The maximum atomic E-state index is 14.0. The summed E-state index contributed by atoms with van der Waals surface area (Å²) in [6.45, 7) is 1.97. The van der Waals surface area contributed by atoms with Crippen LogP contribution in [0.4, 0.5) is 19.0 Å². The summed E-state index contributed by atoms with van der Waals surface area (Å²) in [7, 11) is 0. The van der Waals surface area contributed by atoms with E-state index < -0.39 is 30.1 Å². The number of piperazine rings is 1. The van der Waals surface area contributed by atoms with Crippen molar-refractivity contribution in [2.45, 2.75) is 24.8 Å². The number of nitrogens with one attached hydrogen (secondary N) is 2. The van der Waals surface area contributed by atoms with Gasteiger partial charge in [-0.25, -0.2) is 15.4 Å². The molecule has 0 spiro atoms. The van der Waals surface area contributed by atoms with Gasteiger partial charge in [-0.05, 0) is 23.3 Å². The highest BCUT2D eigenvalue weighted by atomic mass is 19.4. The van der Waals surface area contributed by atoms with Gasteiger partial charge in [-0.2, -0.15) is 18.4 Å². The SMILES string of the molecule is N#Cc1ccc(N2CCN(C(=O)c3cncc(OCC4c5ccccc5CN4C4CNNC(=O)C4C(F)(F)F)n3)CC2)nc1. The molecule has 2 saturated heterocycles. The smallest absolute Gasteiger partial charge is 0.402 e. The average molecular weight is 608 g/mol. The van der Waals surface area contributed by atoms with Gasteiger partial charge < -0.3 is 14.5 Å². The van der Waals surface area contributed by atoms with Gasteiger partial charge in [0.1, 0.15) is 18.5 Å². The number of benzene rings is 1. The summed E-state index contributed by atoms with van der Waals surface area (Å²) in [4.78, 5) is 43.7. The summed E-state index contributed by atoms with van der Waals surface area (Å²) in [6.07, 6.45) is -0.526. The second-order valence-corrected chi connectivity index (χ2v) is 10.7. The highest BCUT2D eigenvalue weighted by Gasteiger charge is 2.55. The highest BCUT2D eigenvalue weighted by molar-refractivity contribution is 5.92. The van der Waals surface area contributed by atoms with Crippen LogP contribution in [0.1, 0.15) is 33.2 Å². The number of hydrogen-bond acceptors (Lipinski definition) is 10. The first-order valence-electron chi connectivity index (χ1n) is 14.0. The molecule has 3 aliphatic heterocycles. The average Bonchev–Trinajstić information content (AvgIpc) is 3.41. The fourth-order valence-corrected chi connectivity index (χ4v) is 5.94. The number of pyridine rings is 1. The Morgan fingerprint density at radius 3 is 2.61 bits per heavy atom. The molecule has 0 bridgehead atoms. The van der Waals surface area contributed by atoms with E-state index in [1.165, 1.54) is 18.6 Å². The molecule has 12 nitrogen and oxygen atoms in total. The van der Waals surface area contributed by atoms with E-state index in [2.05, 4.69) is 25.8 Å². The van der Waals surface area contributed by atoms with E-state index in [1.54, 1.807) is 28.0 Å². The van der Waals surface area contributed by atoms with Crippen LogP contribution in [0.15, 0.2) is 55.0 Å². The van der Waals surface area contributed by atoms with Crippen LogP contribution >= 0.6 is 0 Å². The zero-order valence-electron chi connectivity index (χ0n) is 23.4. The quantitative estimate of drug-likeness (QED) is 0.427. The topological polar surface area (TPSA) is 140 Å². The van der Waals surface area contributed by atoms with Crippen LogP contribution in [0.25, 0.3) is 0 Å². The van der Waals surface area contributed by atoms with E-state index in [0.717, 1.165) is 16.9 Å². The Balaban J connectivity index is 1.13. The van der Waals surface area contributed by atoms with Gasteiger partial charge in [0, 0.05) is 51.5 Å². The van der Waals surface area contributed by atoms with Gasteiger partial charge in [0.2, 0.25) is 11.8 Å². The number of hydrogen-bond donors (Lipinski definition) is 2. The summed E-state index contributed by atoms with van der Waals surface area (Å²) in [5, 5.41) is 8.98. The second-order valence-electron chi connectivity index (χ2n) is 10.7. The number of alkyl halides is 3. The molecule has 2 N–H and O–H groups in total. The third-order valence-electron chi connectivity index (χ3n) is 8.12. The van der Waals surface area contributed by atoms with Gasteiger partial charge in [0.05, 0.1) is 24.0 Å². The molecule has 3 atom stereocenters. The number of halogens is 3. The molecule has 2 amide bonds. The lowest BCUT2D eigenvalue weighted by atomic mass is 9.94. The summed E-state index contributed by atoms with van der Waals surface area (Å²) >= 11 is 0. The lowest BCUT2D eigenvalue weighted by Crippen LogP contribution is -2.64. The van der Waals surface area contributed by atoms with Gasteiger partial charge in [-0.3, -0.25) is 24.9 Å². The number of ether oxygens (including phenoxy) is 1. The van der Waals surface area contributed by atoms with Crippen LogP contribution in [0.3, 0.4) is 0 Å². The van der Waals surface area contributed by atoms with E-state index in [-0.39, 0.29) is 37.2 Å². The van der Waals surface area contributed by atoms with Crippen molar-refractivity contribution in [1.29, 1.82) is 5.26 Å².